The number of alkyl halides is 2. The standard InChI is InChI=1S/C6H2Br2F2N2O2/c7-3-1-2(6(9)10)4(12(13)14)5(8)11-3/h1,6H. The molecular weight excluding hydrogens is 330 g/mol. The van der Waals surface area contributed by atoms with Crippen LogP contribution in [0, 0.1) is 10.1 Å². The lowest BCUT2D eigenvalue weighted by atomic mass is 10.2. The van der Waals surface area contributed by atoms with E-state index in [1.54, 1.807) is 0 Å². The van der Waals surface area contributed by atoms with Crippen molar-refractivity contribution in [3.8, 4) is 0 Å². The van der Waals surface area contributed by atoms with Gasteiger partial charge in [-0.25, -0.2) is 13.8 Å². The first kappa shape index (κ1) is 11.4. The molecule has 0 radical (unpaired) electrons. The van der Waals surface area contributed by atoms with Crippen LogP contribution in [0.2, 0.25) is 0 Å². The van der Waals surface area contributed by atoms with E-state index in [1.165, 1.54) is 0 Å². The molecule has 0 aliphatic rings. The van der Waals surface area contributed by atoms with Crippen molar-refractivity contribution in [1.29, 1.82) is 0 Å². The molecule has 1 aromatic rings. The smallest absolute Gasteiger partial charge is 0.258 e. The lowest BCUT2D eigenvalue weighted by Crippen LogP contribution is -1.99. The molecule has 0 saturated carbocycles. The second-order valence-corrected chi connectivity index (χ2v) is 3.80. The van der Waals surface area contributed by atoms with Crippen molar-refractivity contribution in [1.82, 2.24) is 4.98 Å². The molecular formula is C6H2Br2F2N2O2. The number of halogens is 4. The molecule has 0 unspecified atom stereocenters. The topological polar surface area (TPSA) is 56.0 Å². The van der Waals surface area contributed by atoms with Gasteiger partial charge >= 0.3 is 5.69 Å². The second kappa shape index (κ2) is 4.26. The number of hydrogen-bond donors (Lipinski definition) is 0. The Bertz CT molecular complexity index is 386. The average molecular weight is 332 g/mol. The largest absolute Gasteiger partial charge is 0.310 e. The van der Waals surface area contributed by atoms with Crippen LogP contribution in [0.1, 0.15) is 12.0 Å². The maximum atomic E-state index is 12.4. The number of rotatable bonds is 2. The molecule has 0 spiro atoms. The molecule has 1 rings (SSSR count). The zero-order chi connectivity index (χ0) is 10.9. The summed E-state index contributed by atoms with van der Waals surface area (Å²) < 4.78 is 24.6. The minimum absolute atomic E-state index is 0.116. The highest BCUT2D eigenvalue weighted by Crippen LogP contribution is 2.35. The van der Waals surface area contributed by atoms with Gasteiger partial charge in [-0.2, -0.15) is 0 Å². The van der Waals surface area contributed by atoms with Gasteiger partial charge in [0.2, 0.25) is 0 Å². The number of pyridine rings is 1. The first-order valence-corrected chi connectivity index (χ1v) is 4.80. The molecule has 0 aromatic carbocycles. The van der Waals surface area contributed by atoms with Gasteiger partial charge in [-0.15, -0.1) is 0 Å². The number of nitrogens with zero attached hydrogens (tertiary/aromatic N) is 2. The summed E-state index contributed by atoms with van der Waals surface area (Å²) in [6, 6.07) is 0.924. The Morgan fingerprint density at radius 3 is 2.50 bits per heavy atom. The van der Waals surface area contributed by atoms with Crippen molar-refractivity contribution in [3.63, 3.8) is 0 Å². The monoisotopic (exact) mass is 330 g/mol. The van der Waals surface area contributed by atoms with E-state index < -0.39 is 22.6 Å². The zero-order valence-corrected chi connectivity index (χ0v) is 9.55. The van der Waals surface area contributed by atoms with Gasteiger partial charge in [-0.3, -0.25) is 10.1 Å². The molecule has 0 fully saturated rings. The Kier molecular flexibility index (Phi) is 3.48. The fourth-order valence-corrected chi connectivity index (χ4v) is 2.07. The van der Waals surface area contributed by atoms with Gasteiger partial charge in [0.15, 0.2) is 4.60 Å². The molecule has 0 N–H and O–H groups in total. The van der Waals surface area contributed by atoms with Crippen molar-refractivity contribution < 1.29 is 13.7 Å². The summed E-state index contributed by atoms with van der Waals surface area (Å²) in [7, 11) is 0. The molecule has 14 heavy (non-hydrogen) atoms. The molecule has 4 nitrogen and oxygen atoms in total. The maximum Gasteiger partial charge on any atom is 0.310 e. The Morgan fingerprint density at radius 1 is 1.50 bits per heavy atom. The molecule has 0 aliphatic heterocycles. The van der Waals surface area contributed by atoms with Gasteiger partial charge in [0.1, 0.15) is 10.2 Å². The third-order valence-electron chi connectivity index (χ3n) is 1.37. The summed E-state index contributed by atoms with van der Waals surface area (Å²) in [6.07, 6.45) is -2.91. The number of aromatic nitrogens is 1. The molecule has 76 valence electrons. The van der Waals surface area contributed by atoms with E-state index >= 15 is 0 Å². The lowest BCUT2D eigenvalue weighted by molar-refractivity contribution is -0.387. The van der Waals surface area contributed by atoms with Gasteiger partial charge < -0.3 is 0 Å². The third kappa shape index (κ3) is 2.24. The van der Waals surface area contributed by atoms with Crippen molar-refractivity contribution in [3.05, 3.63) is 31.0 Å². The van der Waals surface area contributed by atoms with E-state index in [0.717, 1.165) is 6.07 Å². The SMILES string of the molecule is O=[N+]([O-])c1c(C(F)F)cc(Br)nc1Br. The van der Waals surface area contributed by atoms with Gasteiger partial charge in [0.25, 0.3) is 6.43 Å². The van der Waals surface area contributed by atoms with Crippen molar-refractivity contribution in [2.24, 2.45) is 0 Å². The first-order chi connectivity index (χ1) is 6.43. The van der Waals surface area contributed by atoms with Crippen molar-refractivity contribution in [2.45, 2.75) is 6.43 Å². The summed E-state index contributed by atoms with van der Waals surface area (Å²) in [5.74, 6) is 0. The number of hydrogen-bond acceptors (Lipinski definition) is 3. The molecule has 1 heterocycles. The summed E-state index contributed by atoms with van der Waals surface area (Å²) in [6.45, 7) is 0. The highest BCUT2D eigenvalue weighted by molar-refractivity contribution is 9.11. The van der Waals surface area contributed by atoms with Crippen LogP contribution in [0.5, 0.6) is 0 Å². The Hall–Kier alpha value is -0.630. The van der Waals surface area contributed by atoms with Gasteiger partial charge in [-0.05, 0) is 37.9 Å². The second-order valence-electron chi connectivity index (χ2n) is 2.23. The van der Waals surface area contributed by atoms with Crippen LogP contribution in [0.3, 0.4) is 0 Å². The van der Waals surface area contributed by atoms with Crippen LogP contribution in [0.15, 0.2) is 15.3 Å². The molecule has 8 heteroatoms. The Labute approximate surface area is 93.7 Å². The molecule has 0 saturated heterocycles. The molecule has 0 bridgehead atoms. The van der Waals surface area contributed by atoms with Gasteiger partial charge in [-0.1, -0.05) is 0 Å². The molecule has 0 amide bonds. The summed E-state index contributed by atoms with van der Waals surface area (Å²) in [5, 5.41) is 10.4. The maximum absolute atomic E-state index is 12.4. The van der Waals surface area contributed by atoms with E-state index in [4.69, 9.17) is 0 Å². The van der Waals surface area contributed by atoms with E-state index in [0.29, 0.717) is 0 Å². The number of nitro groups is 1. The fraction of sp³-hybridized carbons (Fsp3) is 0.167. The van der Waals surface area contributed by atoms with E-state index in [2.05, 4.69) is 36.8 Å². The van der Waals surface area contributed by atoms with Crippen molar-refractivity contribution >= 4 is 37.5 Å². The predicted octanol–water partition coefficient (Wildman–Crippen LogP) is 3.45. The van der Waals surface area contributed by atoms with E-state index in [1.807, 2.05) is 0 Å². The van der Waals surface area contributed by atoms with Crippen LogP contribution in [-0.2, 0) is 0 Å². The van der Waals surface area contributed by atoms with Crippen molar-refractivity contribution in [2.75, 3.05) is 0 Å². The minimum Gasteiger partial charge on any atom is -0.258 e. The quantitative estimate of drug-likeness (QED) is 0.474. The van der Waals surface area contributed by atoms with Gasteiger partial charge in [0.05, 0.1) is 4.92 Å². The average Bonchev–Trinajstić information content (AvgIpc) is 2.01. The van der Waals surface area contributed by atoms with E-state index in [-0.39, 0.29) is 9.21 Å². The van der Waals surface area contributed by atoms with Gasteiger partial charge in [0, 0.05) is 0 Å². The summed E-state index contributed by atoms with van der Waals surface area (Å²) >= 11 is 5.62. The molecule has 0 atom stereocenters. The Morgan fingerprint density at radius 2 is 2.07 bits per heavy atom. The normalized spacial score (nSPS) is 10.6. The highest BCUT2D eigenvalue weighted by atomic mass is 79.9. The predicted molar refractivity (Wildman–Crippen MR) is 51.2 cm³/mol. The van der Waals surface area contributed by atoms with Crippen LogP contribution in [0.25, 0.3) is 0 Å². The summed E-state index contributed by atoms with van der Waals surface area (Å²) in [4.78, 5) is 13.1. The fourth-order valence-electron chi connectivity index (χ4n) is 0.842. The van der Waals surface area contributed by atoms with Crippen LogP contribution in [-0.4, -0.2) is 9.91 Å². The zero-order valence-electron chi connectivity index (χ0n) is 6.38. The van der Waals surface area contributed by atoms with Crippen LogP contribution >= 0.6 is 31.9 Å². The van der Waals surface area contributed by atoms with Crippen LogP contribution < -0.4 is 0 Å². The van der Waals surface area contributed by atoms with E-state index in [9.17, 15) is 18.9 Å². The van der Waals surface area contributed by atoms with Crippen LogP contribution in [0.4, 0.5) is 14.5 Å². The minimum atomic E-state index is -2.91. The summed E-state index contributed by atoms with van der Waals surface area (Å²) in [5.41, 5.74) is -1.37. The third-order valence-corrected chi connectivity index (χ3v) is 2.33. The molecule has 0 aliphatic carbocycles. The molecule has 1 aromatic heterocycles. The Balaban J connectivity index is 3.44. The highest BCUT2D eigenvalue weighted by Gasteiger charge is 2.26. The lowest BCUT2D eigenvalue weighted by Gasteiger charge is -2.03. The first-order valence-electron chi connectivity index (χ1n) is 3.22.